The van der Waals surface area contributed by atoms with Crippen LogP contribution in [0.5, 0.6) is 0 Å². The molecule has 1 aromatic carbocycles. The number of benzene rings is 1. The number of amides is 4. The zero-order valence-electron chi connectivity index (χ0n) is 25.9. The van der Waals surface area contributed by atoms with Crippen molar-refractivity contribution in [3.63, 3.8) is 0 Å². The summed E-state index contributed by atoms with van der Waals surface area (Å²) in [7, 11) is 0. The molecule has 2 saturated carbocycles. The molecule has 2 aliphatic carbocycles. The first-order valence-electron chi connectivity index (χ1n) is 15.7. The highest BCUT2D eigenvalue weighted by atomic mass is 16.5. The molecule has 4 amide bonds. The Balaban J connectivity index is 1.54. The van der Waals surface area contributed by atoms with Gasteiger partial charge in [0, 0.05) is 25.8 Å². The van der Waals surface area contributed by atoms with E-state index in [9.17, 15) is 29.1 Å². The molecule has 6 atom stereocenters. The summed E-state index contributed by atoms with van der Waals surface area (Å²) < 4.78 is 6.13. The van der Waals surface area contributed by atoms with Crippen molar-refractivity contribution in [2.75, 3.05) is 6.54 Å². The third-order valence-corrected chi connectivity index (χ3v) is 9.20. The van der Waals surface area contributed by atoms with Gasteiger partial charge in [-0.1, -0.05) is 69.5 Å². The van der Waals surface area contributed by atoms with Gasteiger partial charge in [-0.05, 0) is 36.7 Å². The van der Waals surface area contributed by atoms with E-state index in [2.05, 4.69) is 22.5 Å². The van der Waals surface area contributed by atoms with Crippen LogP contribution < -0.4 is 16.0 Å². The number of carboxylic acids is 1. The van der Waals surface area contributed by atoms with Gasteiger partial charge in [0.1, 0.15) is 23.7 Å². The van der Waals surface area contributed by atoms with Crippen LogP contribution in [0.15, 0.2) is 43.0 Å². The Bertz CT molecular complexity index is 1230. The molecule has 4 N–H and O–H groups in total. The van der Waals surface area contributed by atoms with Crippen molar-refractivity contribution in [1.29, 1.82) is 0 Å². The molecular formula is C33H46N4O7. The van der Waals surface area contributed by atoms with E-state index in [0.717, 1.165) is 37.7 Å². The summed E-state index contributed by atoms with van der Waals surface area (Å²) in [6.45, 7) is 9.06. The molecule has 0 radical (unpaired) electrons. The smallest absolute Gasteiger partial charge is 0.330 e. The zero-order chi connectivity index (χ0) is 32.0. The van der Waals surface area contributed by atoms with Crippen LogP contribution in [-0.2, 0) is 35.3 Å². The Morgan fingerprint density at radius 1 is 1.09 bits per heavy atom. The second kappa shape index (κ2) is 14.4. The maximum atomic E-state index is 14.2. The highest BCUT2D eigenvalue weighted by molar-refractivity contribution is 5.97. The number of rotatable bonds is 13. The van der Waals surface area contributed by atoms with E-state index < -0.39 is 59.4 Å². The number of ether oxygens (including phenoxy) is 1. The normalized spacial score (nSPS) is 26.4. The number of hydrogen-bond donors (Lipinski definition) is 4. The van der Waals surface area contributed by atoms with Gasteiger partial charge in [-0.3, -0.25) is 19.2 Å². The molecule has 3 fully saturated rings. The lowest BCUT2D eigenvalue weighted by atomic mass is 9.83. The summed E-state index contributed by atoms with van der Waals surface area (Å²) in [6, 6.07) is 6.81. The standard InChI is InChI=1S/C33H46N4O7/c1-5-24-17-33(24,32(42)43)36-29(39)26-16-25(44-19-22-12-8-6-9-13-22)18-37(26)31(41)27(20(2)3)35-30(40)28(34-21(4)38)23-14-10-7-11-15-23/h5-6,8-9,12-13,20,23-28H,1,7,10-11,14-19H2,2-4H3,(H,34,38)(H,35,40)(H,36,39)(H,42,43)/t24-,25+,26-,27-,28-,33+/m0/s1. The fourth-order valence-electron chi connectivity index (χ4n) is 6.54. The monoisotopic (exact) mass is 610 g/mol. The number of nitrogens with zero attached hydrogens (tertiary/aromatic N) is 1. The maximum absolute atomic E-state index is 14.2. The van der Waals surface area contributed by atoms with Gasteiger partial charge in [0.25, 0.3) is 0 Å². The predicted octanol–water partition coefficient (Wildman–Crippen LogP) is 2.54. The van der Waals surface area contributed by atoms with Crippen molar-refractivity contribution in [2.24, 2.45) is 17.8 Å². The first-order chi connectivity index (χ1) is 21.0. The van der Waals surface area contributed by atoms with Crippen molar-refractivity contribution >= 4 is 29.6 Å². The van der Waals surface area contributed by atoms with E-state index in [1.165, 1.54) is 17.9 Å². The Morgan fingerprint density at radius 3 is 2.34 bits per heavy atom. The molecule has 0 bridgehead atoms. The molecule has 3 aliphatic rings. The summed E-state index contributed by atoms with van der Waals surface area (Å²) in [5, 5.41) is 18.3. The van der Waals surface area contributed by atoms with E-state index in [4.69, 9.17) is 4.74 Å². The number of hydrogen-bond acceptors (Lipinski definition) is 6. The fraction of sp³-hybridized carbons (Fsp3) is 0.606. The van der Waals surface area contributed by atoms with Gasteiger partial charge < -0.3 is 30.7 Å². The number of likely N-dealkylation sites (tertiary alicyclic amines) is 1. The SMILES string of the molecule is C=C[C@H]1C[C@]1(NC(=O)[C@@H]1C[C@@H](OCc2ccccc2)CN1C(=O)[C@@H](NC(=O)[C@@H](NC(C)=O)C1CCCCC1)C(C)C)C(=O)O. The average molecular weight is 611 g/mol. The summed E-state index contributed by atoms with van der Waals surface area (Å²) in [6.07, 6.45) is 6.08. The third kappa shape index (κ3) is 7.67. The number of carboxylic acid groups (broad SMARTS) is 1. The minimum atomic E-state index is -1.45. The number of carbonyl (C=O) groups excluding carboxylic acids is 4. The van der Waals surface area contributed by atoms with Gasteiger partial charge in [0.15, 0.2) is 0 Å². The first kappa shape index (κ1) is 33.2. The van der Waals surface area contributed by atoms with E-state index in [1.807, 2.05) is 44.2 Å². The Morgan fingerprint density at radius 2 is 1.77 bits per heavy atom. The Labute approximate surface area is 259 Å². The Hall–Kier alpha value is -3.73. The van der Waals surface area contributed by atoms with Gasteiger partial charge in [0.05, 0.1) is 12.7 Å². The molecule has 11 nitrogen and oxygen atoms in total. The fourth-order valence-corrected chi connectivity index (χ4v) is 6.54. The number of carbonyl (C=O) groups is 5. The van der Waals surface area contributed by atoms with E-state index >= 15 is 0 Å². The van der Waals surface area contributed by atoms with E-state index in [0.29, 0.717) is 0 Å². The molecule has 44 heavy (non-hydrogen) atoms. The molecule has 1 saturated heterocycles. The van der Waals surface area contributed by atoms with Gasteiger partial charge >= 0.3 is 5.97 Å². The van der Waals surface area contributed by atoms with Crippen LogP contribution in [0.4, 0.5) is 0 Å². The second-order valence-corrected chi connectivity index (χ2v) is 12.8. The van der Waals surface area contributed by atoms with Gasteiger partial charge in [-0.2, -0.15) is 0 Å². The van der Waals surface area contributed by atoms with Crippen molar-refractivity contribution in [1.82, 2.24) is 20.9 Å². The maximum Gasteiger partial charge on any atom is 0.330 e. The average Bonchev–Trinajstić information content (AvgIpc) is 3.56. The third-order valence-electron chi connectivity index (χ3n) is 9.20. The van der Waals surface area contributed by atoms with Crippen LogP contribution in [0.3, 0.4) is 0 Å². The molecule has 0 spiro atoms. The number of aliphatic carboxylic acids is 1. The van der Waals surface area contributed by atoms with Gasteiger partial charge in [-0.15, -0.1) is 6.58 Å². The molecule has 0 unspecified atom stereocenters. The molecule has 240 valence electrons. The lowest BCUT2D eigenvalue weighted by molar-refractivity contribution is -0.146. The van der Waals surface area contributed by atoms with Crippen molar-refractivity contribution < 1.29 is 33.8 Å². The van der Waals surface area contributed by atoms with E-state index in [1.54, 1.807) is 0 Å². The lowest BCUT2D eigenvalue weighted by Crippen LogP contribution is -2.60. The topological polar surface area (TPSA) is 154 Å². The highest BCUT2D eigenvalue weighted by Gasteiger charge is 2.61. The summed E-state index contributed by atoms with van der Waals surface area (Å²) in [5.41, 5.74) is -0.512. The van der Waals surface area contributed by atoms with Crippen LogP contribution in [0.2, 0.25) is 0 Å². The van der Waals surface area contributed by atoms with Crippen LogP contribution in [0.1, 0.15) is 71.3 Å². The van der Waals surface area contributed by atoms with Crippen molar-refractivity contribution in [2.45, 2.75) is 102 Å². The molecular weight excluding hydrogens is 564 g/mol. The molecule has 1 heterocycles. The quantitative estimate of drug-likeness (QED) is 0.250. The van der Waals surface area contributed by atoms with Crippen molar-refractivity contribution in [3.8, 4) is 0 Å². The second-order valence-electron chi connectivity index (χ2n) is 12.8. The van der Waals surface area contributed by atoms with Crippen molar-refractivity contribution in [3.05, 3.63) is 48.6 Å². The van der Waals surface area contributed by atoms with Gasteiger partial charge in [-0.25, -0.2) is 4.79 Å². The van der Waals surface area contributed by atoms with Crippen LogP contribution >= 0.6 is 0 Å². The van der Waals surface area contributed by atoms with E-state index in [-0.39, 0.29) is 43.7 Å². The van der Waals surface area contributed by atoms with Crippen LogP contribution in [0, 0.1) is 17.8 Å². The van der Waals surface area contributed by atoms with Crippen LogP contribution in [0.25, 0.3) is 0 Å². The summed E-state index contributed by atoms with van der Waals surface area (Å²) in [4.78, 5) is 67.0. The lowest BCUT2D eigenvalue weighted by Gasteiger charge is -2.34. The summed E-state index contributed by atoms with van der Waals surface area (Å²) in [5.74, 6) is -3.69. The zero-order valence-corrected chi connectivity index (χ0v) is 25.9. The molecule has 11 heteroatoms. The minimum Gasteiger partial charge on any atom is -0.479 e. The largest absolute Gasteiger partial charge is 0.479 e. The Kier molecular flexibility index (Phi) is 10.8. The molecule has 1 aromatic rings. The predicted molar refractivity (Wildman–Crippen MR) is 163 cm³/mol. The molecule has 4 rings (SSSR count). The molecule has 0 aromatic heterocycles. The summed E-state index contributed by atoms with van der Waals surface area (Å²) >= 11 is 0. The highest BCUT2D eigenvalue weighted by Crippen LogP contribution is 2.45. The minimum absolute atomic E-state index is 0.0276. The number of nitrogens with one attached hydrogen (secondary N) is 3. The van der Waals surface area contributed by atoms with Gasteiger partial charge in [0.2, 0.25) is 23.6 Å². The molecule has 1 aliphatic heterocycles. The van der Waals surface area contributed by atoms with Crippen LogP contribution in [-0.4, -0.2) is 75.9 Å². The first-order valence-corrected chi connectivity index (χ1v) is 15.7.